The number of nitrogens with zero attached hydrogens (tertiary/aromatic N) is 1. The molecule has 0 radical (unpaired) electrons. The van der Waals surface area contributed by atoms with Crippen LogP contribution in [-0.4, -0.2) is 10.9 Å². The number of pyridine rings is 1. The largest absolute Gasteiger partial charge is 0.457 e. The van der Waals surface area contributed by atoms with E-state index in [4.69, 9.17) is 16.2 Å². The van der Waals surface area contributed by atoms with Crippen LogP contribution in [0.2, 0.25) is 0 Å². The van der Waals surface area contributed by atoms with E-state index in [-0.39, 0.29) is 11.6 Å². The molecule has 0 saturated carbocycles. The minimum atomic E-state index is -0.585. The third-order valence-corrected chi connectivity index (χ3v) is 3.23. The van der Waals surface area contributed by atoms with Gasteiger partial charge in [-0.25, -0.2) is 0 Å². The van der Waals surface area contributed by atoms with Gasteiger partial charge in [-0.1, -0.05) is 13.8 Å². The summed E-state index contributed by atoms with van der Waals surface area (Å²) < 4.78 is 5.89. The first-order valence-corrected chi connectivity index (χ1v) is 6.72. The second-order valence-electron chi connectivity index (χ2n) is 5.24. The van der Waals surface area contributed by atoms with E-state index >= 15 is 0 Å². The number of ether oxygens (including phenoxy) is 1. The highest BCUT2D eigenvalue weighted by Crippen LogP contribution is 2.34. The highest BCUT2D eigenvalue weighted by atomic mass is 16.5. The summed E-state index contributed by atoms with van der Waals surface area (Å²) in [6, 6.07) is 7.03. The van der Waals surface area contributed by atoms with Crippen LogP contribution in [0.4, 0.5) is 5.69 Å². The van der Waals surface area contributed by atoms with E-state index in [0.29, 0.717) is 5.75 Å². The van der Waals surface area contributed by atoms with Gasteiger partial charge in [0.05, 0.1) is 0 Å². The molecule has 110 valence electrons. The smallest absolute Gasteiger partial charge is 0.267 e. The van der Waals surface area contributed by atoms with Crippen LogP contribution in [0.15, 0.2) is 30.5 Å². The number of nitrogen functional groups attached to an aromatic ring is 1. The van der Waals surface area contributed by atoms with Crippen LogP contribution in [0.5, 0.6) is 11.5 Å². The van der Waals surface area contributed by atoms with E-state index in [1.165, 1.54) is 12.3 Å². The Hall–Kier alpha value is -2.56. The van der Waals surface area contributed by atoms with Gasteiger partial charge in [0, 0.05) is 18.0 Å². The number of carbonyl (C=O) groups is 1. The summed E-state index contributed by atoms with van der Waals surface area (Å²) in [5.74, 6) is 0.918. The molecule has 1 aromatic carbocycles. The lowest BCUT2D eigenvalue weighted by atomic mass is 9.99. The molecule has 0 bridgehead atoms. The third kappa shape index (κ3) is 3.31. The van der Waals surface area contributed by atoms with Crippen LogP contribution in [0, 0.1) is 6.92 Å². The fourth-order valence-electron chi connectivity index (χ4n) is 1.99. The lowest BCUT2D eigenvalue weighted by molar-refractivity contribution is 0.0995. The van der Waals surface area contributed by atoms with Gasteiger partial charge in [-0.3, -0.25) is 9.78 Å². The van der Waals surface area contributed by atoms with Crippen molar-refractivity contribution in [2.45, 2.75) is 26.7 Å². The molecule has 0 saturated heterocycles. The molecule has 0 aliphatic rings. The zero-order valence-electron chi connectivity index (χ0n) is 12.4. The second-order valence-corrected chi connectivity index (χ2v) is 5.24. The number of aromatic nitrogens is 1. The first-order valence-electron chi connectivity index (χ1n) is 6.72. The fraction of sp³-hybridized carbons (Fsp3) is 0.250. The summed E-state index contributed by atoms with van der Waals surface area (Å²) in [5, 5.41) is 0. The molecule has 1 amide bonds. The molecule has 5 heteroatoms. The summed E-state index contributed by atoms with van der Waals surface area (Å²) in [6.45, 7) is 6.06. The van der Waals surface area contributed by atoms with Crippen LogP contribution in [0.3, 0.4) is 0 Å². The summed E-state index contributed by atoms with van der Waals surface area (Å²) in [5.41, 5.74) is 14.0. The molecule has 1 aromatic heterocycles. The Kier molecular flexibility index (Phi) is 4.12. The lowest BCUT2D eigenvalue weighted by Crippen LogP contribution is -2.12. The summed E-state index contributed by atoms with van der Waals surface area (Å²) >= 11 is 0. The Labute approximate surface area is 123 Å². The van der Waals surface area contributed by atoms with Crippen molar-refractivity contribution >= 4 is 11.6 Å². The van der Waals surface area contributed by atoms with E-state index in [0.717, 1.165) is 22.6 Å². The zero-order valence-corrected chi connectivity index (χ0v) is 12.4. The normalized spacial score (nSPS) is 10.7. The average Bonchev–Trinajstić information content (AvgIpc) is 2.42. The zero-order chi connectivity index (χ0) is 15.6. The number of aryl methyl sites for hydroxylation is 1. The Balaban J connectivity index is 2.41. The van der Waals surface area contributed by atoms with Crippen molar-refractivity contribution in [2.75, 3.05) is 5.73 Å². The van der Waals surface area contributed by atoms with Gasteiger partial charge in [0.25, 0.3) is 5.91 Å². The molecule has 5 nitrogen and oxygen atoms in total. The molecule has 4 N–H and O–H groups in total. The van der Waals surface area contributed by atoms with Crippen molar-refractivity contribution < 1.29 is 9.53 Å². The van der Waals surface area contributed by atoms with Crippen LogP contribution < -0.4 is 16.2 Å². The molecule has 0 unspecified atom stereocenters. The molecular formula is C16H19N3O2. The molecule has 0 aliphatic heterocycles. The molecule has 2 aromatic rings. The Bertz CT molecular complexity index is 681. The van der Waals surface area contributed by atoms with Gasteiger partial charge >= 0.3 is 0 Å². The first-order chi connectivity index (χ1) is 9.88. The van der Waals surface area contributed by atoms with Gasteiger partial charge in [-0.05, 0) is 42.2 Å². The van der Waals surface area contributed by atoms with Gasteiger partial charge < -0.3 is 16.2 Å². The summed E-state index contributed by atoms with van der Waals surface area (Å²) in [7, 11) is 0. The maximum atomic E-state index is 11.2. The molecular weight excluding hydrogens is 266 g/mol. The topological polar surface area (TPSA) is 91.2 Å². The number of nitrogens with two attached hydrogens (primary N) is 2. The number of benzene rings is 1. The summed E-state index contributed by atoms with van der Waals surface area (Å²) in [6.07, 6.45) is 1.49. The predicted molar refractivity (Wildman–Crippen MR) is 82.5 cm³/mol. The number of amides is 1. The van der Waals surface area contributed by atoms with Crippen LogP contribution in [0.1, 0.15) is 41.4 Å². The Morgan fingerprint density at radius 2 is 2.00 bits per heavy atom. The van der Waals surface area contributed by atoms with Crippen molar-refractivity contribution in [1.82, 2.24) is 4.98 Å². The number of primary amides is 1. The van der Waals surface area contributed by atoms with Crippen LogP contribution in [-0.2, 0) is 0 Å². The van der Waals surface area contributed by atoms with Crippen molar-refractivity contribution in [3.63, 3.8) is 0 Å². The van der Waals surface area contributed by atoms with Crippen LogP contribution in [0.25, 0.3) is 0 Å². The number of anilines is 1. The van der Waals surface area contributed by atoms with Crippen molar-refractivity contribution in [1.29, 1.82) is 0 Å². The lowest BCUT2D eigenvalue weighted by Gasteiger charge is -2.16. The Morgan fingerprint density at radius 1 is 1.29 bits per heavy atom. The first kappa shape index (κ1) is 14.8. The van der Waals surface area contributed by atoms with Crippen molar-refractivity contribution in [3.8, 4) is 11.5 Å². The van der Waals surface area contributed by atoms with E-state index in [2.05, 4.69) is 18.8 Å². The monoisotopic (exact) mass is 285 g/mol. The van der Waals surface area contributed by atoms with Gasteiger partial charge in [0.1, 0.15) is 17.2 Å². The number of hydrogen-bond donors (Lipinski definition) is 2. The van der Waals surface area contributed by atoms with Gasteiger partial charge in [0.15, 0.2) is 0 Å². The second kappa shape index (κ2) is 5.83. The molecule has 1 heterocycles. The van der Waals surface area contributed by atoms with Gasteiger partial charge in [0.2, 0.25) is 0 Å². The predicted octanol–water partition coefficient (Wildman–Crippen LogP) is 2.99. The van der Waals surface area contributed by atoms with E-state index < -0.39 is 5.91 Å². The summed E-state index contributed by atoms with van der Waals surface area (Å²) in [4.78, 5) is 15.1. The van der Waals surface area contributed by atoms with Gasteiger partial charge in [-0.15, -0.1) is 0 Å². The third-order valence-electron chi connectivity index (χ3n) is 3.23. The highest BCUT2D eigenvalue weighted by Gasteiger charge is 2.12. The van der Waals surface area contributed by atoms with E-state index in [1.54, 1.807) is 6.07 Å². The van der Waals surface area contributed by atoms with Crippen LogP contribution >= 0.6 is 0 Å². The highest BCUT2D eigenvalue weighted by molar-refractivity contribution is 5.91. The quantitative estimate of drug-likeness (QED) is 0.845. The average molecular weight is 285 g/mol. The number of hydrogen-bond acceptors (Lipinski definition) is 4. The maximum Gasteiger partial charge on any atom is 0.267 e. The number of rotatable bonds is 4. The molecule has 2 rings (SSSR count). The number of carbonyl (C=O) groups excluding carboxylic acids is 1. The standard InChI is InChI=1S/C16H19N3O2/c1-9(2)12-8-13(17)10(3)6-15(12)21-11-4-5-19-14(7-11)16(18)20/h4-9H,17H2,1-3H3,(H2,18,20). The van der Waals surface area contributed by atoms with Crippen molar-refractivity contribution in [2.24, 2.45) is 5.73 Å². The molecule has 0 aliphatic carbocycles. The van der Waals surface area contributed by atoms with Gasteiger partial charge in [-0.2, -0.15) is 0 Å². The minimum Gasteiger partial charge on any atom is -0.457 e. The van der Waals surface area contributed by atoms with E-state index in [1.807, 2.05) is 19.1 Å². The SMILES string of the molecule is Cc1cc(Oc2ccnc(C(N)=O)c2)c(C(C)C)cc1N. The maximum absolute atomic E-state index is 11.2. The molecule has 21 heavy (non-hydrogen) atoms. The van der Waals surface area contributed by atoms with E-state index in [9.17, 15) is 4.79 Å². The Morgan fingerprint density at radius 3 is 2.62 bits per heavy atom. The fourth-order valence-corrected chi connectivity index (χ4v) is 1.99. The molecule has 0 fully saturated rings. The molecule has 0 spiro atoms. The molecule has 0 atom stereocenters. The van der Waals surface area contributed by atoms with Crippen molar-refractivity contribution in [3.05, 3.63) is 47.3 Å². The minimum absolute atomic E-state index is 0.172.